The van der Waals surface area contributed by atoms with Crippen LogP contribution in [-0.4, -0.2) is 58.3 Å². The van der Waals surface area contributed by atoms with E-state index in [-0.39, 0.29) is 11.0 Å². The zero-order valence-corrected chi connectivity index (χ0v) is 31.9. The second-order valence-corrected chi connectivity index (χ2v) is 20.6. The van der Waals surface area contributed by atoms with Crippen molar-refractivity contribution in [1.82, 2.24) is 9.80 Å². The van der Waals surface area contributed by atoms with E-state index in [4.69, 9.17) is 4.74 Å². The van der Waals surface area contributed by atoms with Crippen molar-refractivity contribution in [2.45, 2.75) is 210 Å². The molecule has 0 amide bonds. The molecule has 10 rings (SSSR count). The second kappa shape index (κ2) is 11.6. The third-order valence-corrected chi connectivity index (χ3v) is 17.3. The summed E-state index contributed by atoms with van der Waals surface area (Å²) in [7, 11) is 0. The first-order valence-corrected chi connectivity index (χ1v) is 21.8. The first-order chi connectivity index (χ1) is 23.7. The fourth-order valence-corrected chi connectivity index (χ4v) is 15.3. The van der Waals surface area contributed by atoms with Gasteiger partial charge in [0.25, 0.3) is 0 Å². The molecule has 6 aliphatic carbocycles. The summed E-state index contributed by atoms with van der Waals surface area (Å²) in [5, 5.41) is 0. The van der Waals surface area contributed by atoms with Crippen molar-refractivity contribution in [3.05, 3.63) is 46.8 Å². The Kier molecular flexibility index (Phi) is 7.68. The molecule has 0 radical (unpaired) electrons. The predicted molar refractivity (Wildman–Crippen MR) is 204 cm³/mol. The van der Waals surface area contributed by atoms with Gasteiger partial charge in [0.15, 0.2) is 0 Å². The Labute approximate surface area is 299 Å². The highest BCUT2D eigenvalue weighted by molar-refractivity contribution is 6.66. The topological polar surface area (TPSA) is 15.7 Å². The van der Waals surface area contributed by atoms with Gasteiger partial charge in [0, 0.05) is 35.1 Å². The van der Waals surface area contributed by atoms with Gasteiger partial charge in [0.05, 0.1) is 12.0 Å². The molecule has 266 valence electrons. The van der Waals surface area contributed by atoms with Crippen LogP contribution in [0.25, 0.3) is 0 Å². The molecule has 7 fully saturated rings. The van der Waals surface area contributed by atoms with Crippen molar-refractivity contribution in [3.63, 3.8) is 0 Å². The number of allylic oxidation sites excluding steroid dienone is 4. The lowest BCUT2D eigenvalue weighted by atomic mass is 9.22. The molecule has 0 bridgehead atoms. The molecule has 8 atom stereocenters. The van der Waals surface area contributed by atoms with Crippen LogP contribution < -0.4 is 0 Å². The highest BCUT2D eigenvalue weighted by atomic mass is 16.5. The molecular weight excluding hydrogens is 595 g/mol. The fraction of sp³-hybridized carbons (Fsp3) is 0.822. The summed E-state index contributed by atoms with van der Waals surface area (Å²) >= 11 is 0. The molecule has 1 spiro atoms. The summed E-state index contributed by atoms with van der Waals surface area (Å²) in [5.41, 5.74) is 5.90. The fourth-order valence-electron chi connectivity index (χ4n) is 15.3. The maximum Gasteiger partial charge on any atom is 0.209 e. The normalized spacial score (nSPS) is 41.9. The molecule has 4 aliphatic heterocycles. The van der Waals surface area contributed by atoms with Gasteiger partial charge >= 0.3 is 0 Å². The molecule has 4 heteroatoms. The zero-order valence-electron chi connectivity index (χ0n) is 31.9. The molecule has 0 aromatic rings. The van der Waals surface area contributed by atoms with Gasteiger partial charge in [-0.15, -0.1) is 0 Å². The molecule has 3 saturated heterocycles. The van der Waals surface area contributed by atoms with Crippen LogP contribution in [0.1, 0.15) is 157 Å². The van der Waals surface area contributed by atoms with Crippen LogP contribution in [0.5, 0.6) is 0 Å². The molecule has 49 heavy (non-hydrogen) atoms. The Hall–Kier alpha value is -1.26. The van der Waals surface area contributed by atoms with Gasteiger partial charge in [-0.2, -0.15) is 0 Å². The number of hydrogen-bond acceptors (Lipinski definition) is 3. The minimum Gasteiger partial charge on any atom is -0.497 e. The van der Waals surface area contributed by atoms with E-state index in [1.807, 2.05) is 5.57 Å². The van der Waals surface area contributed by atoms with Crippen LogP contribution in [0, 0.1) is 22.7 Å². The van der Waals surface area contributed by atoms with E-state index >= 15 is 0 Å². The Morgan fingerprint density at radius 2 is 1.51 bits per heavy atom. The van der Waals surface area contributed by atoms with Crippen LogP contribution in [-0.2, 0) is 4.74 Å². The SMILES string of the molecule is CC(C)(C)C1=CC2B3C4OC5=C(CCC=C5)C4N(C4CCCCC4)C4CC(C5CCCCC5)CC(C34)N3C2C(=C1)C1(CCCCC1)C3(C)C. The standard InChI is InChI=1S/C45H67BN2O/c1-43(2,3)31-27-34-41-35(28-31)46-39-36(47(32-19-11-7-12-20-32)40-33-21-13-14-22-38(33)49-42(40)46)25-30(29-17-9-6-10-18-29)26-37(39)48(41)44(4,5)45(34)23-15-8-16-24-45/h14,22,27-30,32,35-37,39-42H,6-13,15-21,23-26H2,1-5H3. The minimum absolute atomic E-state index is 0.166. The largest absolute Gasteiger partial charge is 0.497 e. The summed E-state index contributed by atoms with van der Waals surface area (Å²) in [5.74, 6) is 4.42. The molecule has 4 heterocycles. The van der Waals surface area contributed by atoms with Crippen molar-refractivity contribution in [2.75, 3.05) is 0 Å². The lowest BCUT2D eigenvalue weighted by molar-refractivity contribution is -0.0776. The van der Waals surface area contributed by atoms with Gasteiger partial charge in [0.2, 0.25) is 6.71 Å². The average molecular weight is 663 g/mol. The maximum atomic E-state index is 7.50. The van der Waals surface area contributed by atoms with E-state index in [2.05, 4.69) is 68.7 Å². The monoisotopic (exact) mass is 663 g/mol. The Morgan fingerprint density at radius 3 is 2.24 bits per heavy atom. The number of fused-ring (bicyclic) bond motifs is 6. The van der Waals surface area contributed by atoms with E-state index in [0.29, 0.717) is 53.9 Å². The van der Waals surface area contributed by atoms with E-state index in [1.165, 1.54) is 128 Å². The molecule has 8 unspecified atom stereocenters. The molecule has 0 aromatic heterocycles. The van der Waals surface area contributed by atoms with E-state index in [0.717, 1.165) is 17.9 Å². The summed E-state index contributed by atoms with van der Waals surface area (Å²) in [4.78, 5) is 6.59. The molecule has 0 N–H and O–H groups in total. The van der Waals surface area contributed by atoms with Crippen LogP contribution in [0.15, 0.2) is 46.8 Å². The molecule has 0 aromatic carbocycles. The summed E-state index contributed by atoms with van der Waals surface area (Å²) in [6, 6.07) is 3.53. The van der Waals surface area contributed by atoms with Crippen molar-refractivity contribution in [3.8, 4) is 0 Å². The molecular formula is C45H67BN2O. The van der Waals surface area contributed by atoms with Crippen LogP contribution >= 0.6 is 0 Å². The smallest absolute Gasteiger partial charge is 0.209 e. The Bertz CT molecular complexity index is 1440. The summed E-state index contributed by atoms with van der Waals surface area (Å²) in [6.45, 7) is 13.6. The predicted octanol–water partition coefficient (Wildman–Crippen LogP) is 10.8. The number of nitrogens with zero attached hydrogens (tertiary/aromatic N) is 2. The van der Waals surface area contributed by atoms with Crippen molar-refractivity contribution >= 4 is 6.71 Å². The van der Waals surface area contributed by atoms with Crippen LogP contribution in [0.2, 0.25) is 11.6 Å². The third kappa shape index (κ3) is 4.59. The van der Waals surface area contributed by atoms with Crippen molar-refractivity contribution in [1.29, 1.82) is 0 Å². The third-order valence-electron chi connectivity index (χ3n) is 17.3. The van der Waals surface area contributed by atoms with Gasteiger partial charge in [-0.25, -0.2) is 0 Å². The maximum absolute atomic E-state index is 7.50. The van der Waals surface area contributed by atoms with Gasteiger partial charge in [-0.1, -0.05) is 110 Å². The average Bonchev–Trinajstić information content (AvgIpc) is 3.58. The summed E-state index contributed by atoms with van der Waals surface area (Å²) < 4.78 is 7.50. The number of hydrogen-bond donors (Lipinski definition) is 0. The van der Waals surface area contributed by atoms with Crippen LogP contribution in [0.3, 0.4) is 0 Å². The van der Waals surface area contributed by atoms with Gasteiger partial charge in [-0.3, -0.25) is 9.80 Å². The molecule has 4 saturated carbocycles. The van der Waals surface area contributed by atoms with E-state index < -0.39 is 0 Å². The molecule has 10 aliphatic rings. The lowest BCUT2D eigenvalue weighted by Crippen LogP contribution is -2.76. The lowest BCUT2D eigenvalue weighted by Gasteiger charge is -2.66. The van der Waals surface area contributed by atoms with E-state index in [1.54, 1.807) is 11.1 Å². The minimum atomic E-state index is 0.166. The van der Waals surface area contributed by atoms with E-state index in [9.17, 15) is 0 Å². The number of ether oxygens (including phenoxy) is 1. The molecule has 3 nitrogen and oxygen atoms in total. The number of rotatable bonds is 2. The second-order valence-electron chi connectivity index (χ2n) is 20.6. The first-order valence-electron chi connectivity index (χ1n) is 21.8. The highest BCUT2D eigenvalue weighted by Gasteiger charge is 2.73. The van der Waals surface area contributed by atoms with Crippen molar-refractivity contribution < 1.29 is 4.74 Å². The quantitative estimate of drug-likeness (QED) is 0.274. The summed E-state index contributed by atoms with van der Waals surface area (Å²) in [6.07, 6.45) is 37.5. The Balaban J connectivity index is 1.18. The highest BCUT2D eigenvalue weighted by Crippen LogP contribution is 2.70. The van der Waals surface area contributed by atoms with Gasteiger partial charge in [-0.05, 0) is 117 Å². The zero-order chi connectivity index (χ0) is 33.3. The van der Waals surface area contributed by atoms with Gasteiger partial charge < -0.3 is 4.74 Å². The first kappa shape index (κ1) is 32.4. The van der Waals surface area contributed by atoms with Crippen molar-refractivity contribution in [2.24, 2.45) is 22.7 Å². The van der Waals surface area contributed by atoms with Crippen LogP contribution in [0.4, 0.5) is 0 Å². The Morgan fingerprint density at radius 1 is 0.816 bits per heavy atom. The van der Waals surface area contributed by atoms with Gasteiger partial charge in [0.1, 0.15) is 5.76 Å².